The third-order valence-corrected chi connectivity index (χ3v) is 4.74. The van der Waals surface area contributed by atoms with Crippen LogP contribution in [0.25, 0.3) is 0 Å². The van der Waals surface area contributed by atoms with Crippen molar-refractivity contribution < 1.29 is 4.79 Å². The maximum atomic E-state index is 12.1. The second-order valence-electron chi connectivity index (χ2n) is 5.72. The number of hydrogen-bond donors (Lipinski definition) is 1. The van der Waals surface area contributed by atoms with Crippen molar-refractivity contribution in [2.45, 2.75) is 26.0 Å². The normalized spacial score (nSPS) is 18.6. The zero-order valence-electron chi connectivity index (χ0n) is 12.4. The molecule has 1 aliphatic heterocycles. The quantitative estimate of drug-likeness (QED) is 0.906. The third kappa shape index (κ3) is 4.25. The van der Waals surface area contributed by atoms with E-state index in [0.29, 0.717) is 18.2 Å². The highest BCUT2D eigenvalue weighted by Crippen LogP contribution is 2.19. The summed E-state index contributed by atoms with van der Waals surface area (Å²) in [4.78, 5) is 14.1. The lowest BCUT2D eigenvalue weighted by Gasteiger charge is -2.16. The van der Waals surface area contributed by atoms with Crippen LogP contribution in [0.5, 0.6) is 0 Å². The molecule has 0 unspecified atom stereocenters. The number of thioether (sulfide) groups is 1. The van der Waals surface area contributed by atoms with E-state index in [-0.39, 0.29) is 5.91 Å². The highest BCUT2D eigenvalue weighted by Gasteiger charge is 2.24. The molecule has 1 aliphatic rings. The van der Waals surface area contributed by atoms with Crippen LogP contribution in [0.2, 0.25) is 0 Å². The summed E-state index contributed by atoms with van der Waals surface area (Å²) in [6.07, 6.45) is 1.06. The summed E-state index contributed by atoms with van der Waals surface area (Å²) < 4.78 is 0. The van der Waals surface area contributed by atoms with Gasteiger partial charge in [-0.3, -0.25) is 4.79 Å². The van der Waals surface area contributed by atoms with Gasteiger partial charge in [0.25, 0.3) is 0 Å². The lowest BCUT2D eigenvalue weighted by atomic mass is 10.1. The lowest BCUT2D eigenvalue weighted by molar-refractivity contribution is -0.127. The molecule has 0 aliphatic carbocycles. The first-order valence-corrected chi connectivity index (χ1v) is 8.36. The highest BCUT2D eigenvalue weighted by atomic mass is 32.2. The van der Waals surface area contributed by atoms with Crippen molar-refractivity contribution in [2.75, 3.05) is 25.4 Å². The van der Waals surface area contributed by atoms with Crippen LogP contribution in [0.1, 0.15) is 23.1 Å². The third-order valence-electron chi connectivity index (χ3n) is 3.75. The Balaban J connectivity index is 1.77. The zero-order valence-corrected chi connectivity index (χ0v) is 13.2. The molecule has 110 valence electrons. The van der Waals surface area contributed by atoms with E-state index in [1.807, 2.05) is 4.90 Å². The topological polar surface area (TPSA) is 46.3 Å². The number of benzene rings is 1. The van der Waals surface area contributed by atoms with Crippen molar-refractivity contribution >= 4 is 17.7 Å². The summed E-state index contributed by atoms with van der Waals surface area (Å²) in [5, 5.41) is 0. The summed E-state index contributed by atoms with van der Waals surface area (Å²) in [7, 11) is 0. The molecule has 1 amide bonds. The van der Waals surface area contributed by atoms with Crippen molar-refractivity contribution in [1.82, 2.24) is 4.90 Å². The van der Waals surface area contributed by atoms with Gasteiger partial charge in [0.1, 0.15) is 0 Å². The van der Waals surface area contributed by atoms with Crippen LogP contribution in [0.15, 0.2) is 18.2 Å². The van der Waals surface area contributed by atoms with E-state index in [0.717, 1.165) is 25.3 Å². The van der Waals surface area contributed by atoms with Crippen LogP contribution in [-0.4, -0.2) is 36.2 Å². The average Bonchev–Trinajstić information content (AvgIpc) is 2.86. The summed E-state index contributed by atoms with van der Waals surface area (Å²) in [6, 6.07) is 6.58. The van der Waals surface area contributed by atoms with E-state index in [1.165, 1.54) is 16.7 Å². The van der Waals surface area contributed by atoms with Crippen LogP contribution >= 0.6 is 11.8 Å². The number of rotatable bonds is 5. The van der Waals surface area contributed by atoms with Crippen LogP contribution in [0.3, 0.4) is 0 Å². The van der Waals surface area contributed by atoms with Crippen molar-refractivity contribution in [3.8, 4) is 0 Å². The van der Waals surface area contributed by atoms with Gasteiger partial charge in [0.05, 0.1) is 5.75 Å². The lowest BCUT2D eigenvalue weighted by Crippen LogP contribution is -2.31. The van der Waals surface area contributed by atoms with E-state index in [2.05, 4.69) is 32.0 Å². The maximum Gasteiger partial charge on any atom is 0.232 e. The van der Waals surface area contributed by atoms with Gasteiger partial charge in [-0.15, -0.1) is 11.8 Å². The van der Waals surface area contributed by atoms with Gasteiger partial charge in [-0.25, -0.2) is 0 Å². The number of carbonyl (C=O) groups is 1. The monoisotopic (exact) mass is 292 g/mol. The van der Waals surface area contributed by atoms with Crippen molar-refractivity contribution in [2.24, 2.45) is 11.7 Å². The Morgan fingerprint density at radius 3 is 2.65 bits per heavy atom. The average molecular weight is 292 g/mol. The van der Waals surface area contributed by atoms with E-state index in [9.17, 15) is 4.79 Å². The molecule has 1 heterocycles. The van der Waals surface area contributed by atoms with Crippen LogP contribution in [-0.2, 0) is 10.5 Å². The standard InChI is InChI=1S/C16H24N2OS/c1-12-5-13(2)7-15(6-12)10-20-11-16(19)18-4-3-14(8-17)9-18/h5-7,14H,3-4,8-11,17H2,1-2H3/t14-/m1/s1. The van der Waals surface area contributed by atoms with Gasteiger partial charge < -0.3 is 10.6 Å². The minimum absolute atomic E-state index is 0.260. The second kappa shape index (κ2) is 7.14. The Kier molecular flexibility index (Phi) is 5.49. The van der Waals surface area contributed by atoms with Crippen molar-refractivity contribution in [3.63, 3.8) is 0 Å². The van der Waals surface area contributed by atoms with Crippen LogP contribution in [0, 0.1) is 19.8 Å². The molecular formula is C16H24N2OS. The van der Waals surface area contributed by atoms with Gasteiger partial charge in [-0.2, -0.15) is 0 Å². The molecule has 0 radical (unpaired) electrons. The number of carbonyl (C=O) groups excluding carboxylic acids is 1. The van der Waals surface area contributed by atoms with Crippen molar-refractivity contribution in [3.05, 3.63) is 34.9 Å². The first-order chi connectivity index (χ1) is 9.58. The number of nitrogens with zero attached hydrogens (tertiary/aromatic N) is 1. The molecule has 0 bridgehead atoms. The molecule has 4 heteroatoms. The molecule has 3 nitrogen and oxygen atoms in total. The van der Waals surface area contributed by atoms with E-state index in [1.54, 1.807) is 11.8 Å². The molecule has 2 rings (SSSR count). The minimum atomic E-state index is 0.260. The molecule has 2 N–H and O–H groups in total. The summed E-state index contributed by atoms with van der Waals surface area (Å²) >= 11 is 1.71. The first-order valence-electron chi connectivity index (χ1n) is 7.21. The Morgan fingerprint density at radius 1 is 1.35 bits per heavy atom. The molecule has 1 saturated heterocycles. The predicted octanol–water partition coefficient (Wildman–Crippen LogP) is 2.34. The Hall–Kier alpha value is -1.00. The van der Waals surface area contributed by atoms with E-state index >= 15 is 0 Å². The first kappa shape index (κ1) is 15.4. The van der Waals surface area contributed by atoms with Crippen LogP contribution in [0.4, 0.5) is 0 Å². The number of nitrogens with two attached hydrogens (primary N) is 1. The Labute approximate surface area is 125 Å². The summed E-state index contributed by atoms with van der Waals surface area (Å²) in [5.41, 5.74) is 9.54. The summed E-state index contributed by atoms with van der Waals surface area (Å²) in [5.74, 6) is 2.24. The van der Waals surface area contributed by atoms with Gasteiger partial charge in [0.2, 0.25) is 5.91 Å². The number of likely N-dealkylation sites (tertiary alicyclic amines) is 1. The fourth-order valence-electron chi connectivity index (χ4n) is 2.75. The molecule has 20 heavy (non-hydrogen) atoms. The fourth-order valence-corrected chi connectivity index (χ4v) is 3.61. The van der Waals surface area contributed by atoms with Gasteiger partial charge in [0.15, 0.2) is 0 Å². The molecule has 1 aromatic carbocycles. The fraction of sp³-hybridized carbons (Fsp3) is 0.562. The minimum Gasteiger partial charge on any atom is -0.342 e. The van der Waals surface area contributed by atoms with Crippen molar-refractivity contribution in [1.29, 1.82) is 0 Å². The number of amides is 1. The van der Waals surface area contributed by atoms with E-state index < -0.39 is 0 Å². The smallest absolute Gasteiger partial charge is 0.232 e. The number of hydrogen-bond acceptors (Lipinski definition) is 3. The largest absolute Gasteiger partial charge is 0.342 e. The predicted molar refractivity (Wildman–Crippen MR) is 85.8 cm³/mol. The molecule has 1 atom stereocenters. The molecule has 1 fully saturated rings. The maximum absolute atomic E-state index is 12.1. The van der Waals surface area contributed by atoms with Gasteiger partial charge >= 0.3 is 0 Å². The van der Waals surface area contributed by atoms with E-state index in [4.69, 9.17) is 5.73 Å². The summed E-state index contributed by atoms with van der Waals surface area (Å²) in [6.45, 7) is 6.65. The highest BCUT2D eigenvalue weighted by molar-refractivity contribution is 7.99. The Bertz CT molecular complexity index is 455. The molecule has 0 spiro atoms. The number of aryl methyl sites for hydroxylation is 2. The van der Waals surface area contributed by atoms with Crippen LogP contribution < -0.4 is 5.73 Å². The Morgan fingerprint density at radius 2 is 2.05 bits per heavy atom. The second-order valence-corrected chi connectivity index (χ2v) is 6.70. The van der Waals surface area contributed by atoms with Gasteiger partial charge in [0, 0.05) is 18.8 Å². The molecule has 0 saturated carbocycles. The molecular weight excluding hydrogens is 268 g/mol. The molecule has 1 aromatic rings. The molecule has 0 aromatic heterocycles. The van der Waals surface area contributed by atoms with Gasteiger partial charge in [-0.05, 0) is 38.3 Å². The van der Waals surface area contributed by atoms with Gasteiger partial charge in [-0.1, -0.05) is 29.3 Å². The zero-order chi connectivity index (χ0) is 14.5. The SMILES string of the molecule is Cc1cc(C)cc(CSCC(=O)N2CC[C@H](CN)C2)c1.